The van der Waals surface area contributed by atoms with Crippen molar-refractivity contribution in [1.82, 2.24) is 4.90 Å². The van der Waals surface area contributed by atoms with E-state index in [0.717, 1.165) is 39.1 Å². The van der Waals surface area contributed by atoms with E-state index in [9.17, 15) is 4.79 Å². The molecular formula is C23H30N2O4. The zero-order chi connectivity index (χ0) is 20.6. The summed E-state index contributed by atoms with van der Waals surface area (Å²) in [4.78, 5) is 17.5. The molecule has 0 aliphatic carbocycles. The fourth-order valence-electron chi connectivity index (χ4n) is 3.72. The van der Waals surface area contributed by atoms with Gasteiger partial charge in [-0.3, -0.25) is 9.69 Å². The molecule has 3 rings (SSSR count). The van der Waals surface area contributed by atoms with Crippen molar-refractivity contribution < 1.29 is 19.0 Å². The van der Waals surface area contributed by atoms with E-state index in [2.05, 4.69) is 34.1 Å². The maximum Gasteiger partial charge on any atom is 0.203 e. The molecule has 0 saturated carbocycles. The number of Topliss-reactive ketones (excluding diaryl/α,β-unsaturated/α-hetero) is 1. The third-order valence-corrected chi connectivity index (χ3v) is 5.36. The number of carbonyl (C=O) groups excluding carboxylic acids is 1. The number of nitrogens with zero attached hydrogens (tertiary/aromatic N) is 2. The molecule has 6 nitrogen and oxygen atoms in total. The second-order valence-electron chi connectivity index (χ2n) is 7.10. The van der Waals surface area contributed by atoms with Crippen LogP contribution in [0.5, 0.6) is 17.2 Å². The van der Waals surface area contributed by atoms with Crippen LogP contribution in [0, 0.1) is 0 Å². The molecule has 0 aromatic heterocycles. The molecule has 156 valence electrons. The average Bonchev–Trinajstić information content (AvgIpc) is 2.78. The predicted molar refractivity (Wildman–Crippen MR) is 115 cm³/mol. The molecule has 1 aliphatic heterocycles. The van der Waals surface area contributed by atoms with E-state index in [1.54, 1.807) is 33.5 Å². The van der Waals surface area contributed by atoms with Gasteiger partial charge in [0.15, 0.2) is 17.3 Å². The Bertz CT molecular complexity index is 777. The SMILES string of the molecule is COc1cc(C(=O)CCCN2CCN(c3ccccc3)CC2)cc(OC)c1OC. The molecule has 2 aromatic rings. The zero-order valence-corrected chi connectivity index (χ0v) is 17.5. The molecule has 0 unspecified atom stereocenters. The van der Waals surface area contributed by atoms with Crippen molar-refractivity contribution in [2.24, 2.45) is 0 Å². The van der Waals surface area contributed by atoms with Gasteiger partial charge in [0.25, 0.3) is 0 Å². The molecule has 29 heavy (non-hydrogen) atoms. The number of hydrogen-bond acceptors (Lipinski definition) is 6. The first-order valence-electron chi connectivity index (χ1n) is 10.0. The van der Waals surface area contributed by atoms with Gasteiger partial charge in [-0.1, -0.05) is 18.2 Å². The molecule has 1 aliphatic rings. The van der Waals surface area contributed by atoms with Crippen molar-refractivity contribution in [3.8, 4) is 17.2 Å². The maximum atomic E-state index is 12.7. The Morgan fingerprint density at radius 3 is 2.07 bits per heavy atom. The van der Waals surface area contributed by atoms with Gasteiger partial charge in [0, 0.05) is 43.9 Å². The van der Waals surface area contributed by atoms with E-state index >= 15 is 0 Å². The van der Waals surface area contributed by atoms with Gasteiger partial charge >= 0.3 is 0 Å². The second kappa shape index (κ2) is 10.2. The molecule has 2 aromatic carbocycles. The lowest BCUT2D eigenvalue weighted by atomic mass is 10.0. The van der Waals surface area contributed by atoms with E-state index in [1.807, 2.05) is 6.07 Å². The number of para-hydroxylation sites is 1. The van der Waals surface area contributed by atoms with Crippen molar-refractivity contribution in [3.05, 3.63) is 48.0 Å². The van der Waals surface area contributed by atoms with Gasteiger partial charge in [-0.15, -0.1) is 0 Å². The highest BCUT2D eigenvalue weighted by Crippen LogP contribution is 2.38. The molecule has 0 N–H and O–H groups in total. The first kappa shape index (κ1) is 21.0. The number of methoxy groups -OCH3 is 3. The van der Waals surface area contributed by atoms with Crippen LogP contribution in [0.2, 0.25) is 0 Å². The number of hydrogen-bond donors (Lipinski definition) is 0. The third kappa shape index (κ3) is 5.21. The quantitative estimate of drug-likeness (QED) is 0.603. The van der Waals surface area contributed by atoms with Crippen LogP contribution in [0.1, 0.15) is 23.2 Å². The summed E-state index contributed by atoms with van der Waals surface area (Å²) in [5, 5.41) is 0. The van der Waals surface area contributed by atoms with Crippen LogP contribution in [0.3, 0.4) is 0 Å². The summed E-state index contributed by atoms with van der Waals surface area (Å²) in [5.41, 5.74) is 1.87. The van der Waals surface area contributed by atoms with Crippen LogP contribution < -0.4 is 19.1 Å². The lowest BCUT2D eigenvalue weighted by Crippen LogP contribution is -2.46. The van der Waals surface area contributed by atoms with E-state index in [0.29, 0.717) is 29.2 Å². The molecule has 0 radical (unpaired) electrons. The summed E-state index contributed by atoms with van der Waals surface area (Å²) in [6.45, 7) is 5.01. The van der Waals surface area contributed by atoms with Crippen molar-refractivity contribution in [2.75, 3.05) is 59.0 Å². The van der Waals surface area contributed by atoms with Gasteiger partial charge in [-0.05, 0) is 37.2 Å². The Hall–Kier alpha value is -2.73. The predicted octanol–water partition coefficient (Wildman–Crippen LogP) is 3.50. The van der Waals surface area contributed by atoms with Crippen molar-refractivity contribution in [3.63, 3.8) is 0 Å². The lowest BCUT2D eigenvalue weighted by Gasteiger charge is -2.36. The first-order valence-corrected chi connectivity index (χ1v) is 10.0. The van der Waals surface area contributed by atoms with E-state index < -0.39 is 0 Å². The Balaban J connectivity index is 1.49. The minimum Gasteiger partial charge on any atom is -0.493 e. The van der Waals surface area contributed by atoms with Crippen LogP contribution in [-0.2, 0) is 0 Å². The standard InChI is InChI=1S/C23H30N2O4/c1-27-21-16-18(17-22(28-2)23(21)29-3)20(26)10-7-11-24-12-14-25(15-13-24)19-8-5-4-6-9-19/h4-6,8-9,16-17H,7,10-15H2,1-3H3. The Morgan fingerprint density at radius 1 is 0.897 bits per heavy atom. The van der Waals surface area contributed by atoms with Crippen LogP contribution >= 0.6 is 0 Å². The largest absolute Gasteiger partial charge is 0.493 e. The summed E-state index contributed by atoms with van der Waals surface area (Å²) in [7, 11) is 4.67. The summed E-state index contributed by atoms with van der Waals surface area (Å²) in [6, 6.07) is 14.0. The fraction of sp³-hybridized carbons (Fsp3) is 0.435. The first-order chi connectivity index (χ1) is 14.2. The van der Waals surface area contributed by atoms with Gasteiger partial charge in [0.05, 0.1) is 21.3 Å². The minimum atomic E-state index is 0.0900. The number of piperazine rings is 1. The van der Waals surface area contributed by atoms with Crippen LogP contribution in [0.15, 0.2) is 42.5 Å². The molecular weight excluding hydrogens is 368 g/mol. The topological polar surface area (TPSA) is 51.2 Å². The van der Waals surface area contributed by atoms with Crippen LogP contribution in [0.25, 0.3) is 0 Å². The summed E-state index contributed by atoms with van der Waals surface area (Å²) < 4.78 is 16.0. The monoisotopic (exact) mass is 398 g/mol. The Labute approximate surface area is 173 Å². The summed E-state index contributed by atoms with van der Waals surface area (Å²) >= 11 is 0. The number of ketones is 1. The smallest absolute Gasteiger partial charge is 0.203 e. The highest BCUT2D eigenvalue weighted by molar-refractivity contribution is 5.97. The van der Waals surface area contributed by atoms with Gasteiger partial charge in [0.2, 0.25) is 5.75 Å². The number of benzene rings is 2. The number of rotatable bonds is 9. The molecule has 1 saturated heterocycles. The van der Waals surface area contributed by atoms with Crippen LogP contribution in [0.4, 0.5) is 5.69 Å². The maximum absolute atomic E-state index is 12.7. The molecule has 0 amide bonds. The van der Waals surface area contributed by atoms with Gasteiger partial charge in [-0.25, -0.2) is 0 Å². The van der Waals surface area contributed by atoms with Crippen molar-refractivity contribution in [1.29, 1.82) is 0 Å². The third-order valence-electron chi connectivity index (χ3n) is 5.36. The average molecular weight is 399 g/mol. The molecule has 0 spiro atoms. The number of carbonyl (C=O) groups is 1. The Kier molecular flexibility index (Phi) is 7.36. The number of ether oxygens (including phenoxy) is 3. The van der Waals surface area contributed by atoms with E-state index in [4.69, 9.17) is 14.2 Å². The van der Waals surface area contributed by atoms with Crippen molar-refractivity contribution in [2.45, 2.75) is 12.8 Å². The fourth-order valence-corrected chi connectivity index (χ4v) is 3.72. The summed E-state index contributed by atoms with van der Waals surface area (Å²) in [6.07, 6.45) is 1.33. The van der Waals surface area contributed by atoms with Gasteiger partial charge in [-0.2, -0.15) is 0 Å². The van der Waals surface area contributed by atoms with Crippen LogP contribution in [-0.4, -0.2) is 64.7 Å². The molecule has 0 atom stereocenters. The normalized spacial score (nSPS) is 14.5. The highest BCUT2D eigenvalue weighted by atomic mass is 16.5. The molecule has 6 heteroatoms. The molecule has 1 heterocycles. The lowest BCUT2D eigenvalue weighted by molar-refractivity contribution is 0.0973. The van der Waals surface area contributed by atoms with Gasteiger partial charge in [0.1, 0.15) is 0 Å². The van der Waals surface area contributed by atoms with Gasteiger partial charge < -0.3 is 19.1 Å². The molecule has 1 fully saturated rings. The van der Waals surface area contributed by atoms with Crippen molar-refractivity contribution >= 4 is 11.5 Å². The molecule has 0 bridgehead atoms. The zero-order valence-electron chi connectivity index (χ0n) is 17.5. The highest BCUT2D eigenvalue weighted by Gasteiger charge is 2.19. The number of anilines is 1. The minimum absolute atomic E-state index is 0.0900. The Morgan fingerprint density at radius 2 is 1.52 bits per heavy atom. The van der Waals surface area contributed by atoms with E-state index in [1.165, 1.54) is 5.69 Å². The van der Waals surface area contributed by atoms with E-state index in [-0.39, 0.29) is 5.78 Å². The summed E-state index contributed by atoms with van der Waals surface area (Å²) in [5.74, 6) is 1.61. The second-order valence-corrected chi connectivity index (χ2v) is 7.10.